The maximum Gasteiger partial charge on any atom is 0.172 e. The lowest BCUT2D eigenvalue weighted by Crippen LogP contribution is -2.32. The van der Waals surface area contributed by atoms with E-state index in [2.05, 4.69) is 30.8 Å². The molecular formula is C12H18ClN3O. The van der Waals surface area contributed by atoms with E-state index in [1.807, 2.05) is 6.07 Å². The van der Waals surface area contributed by atoms with Gasteiger partial charge in [-0.3, -0.25) is 0 Å². The van der Waals surface area contributed by atoms with Crippen LogP contribution in [0.2, 0.25) is 5.02 Å². The van der Waals surface area contributed by atoms with Gasteiger partial charge in [-0.25, -0.2) is 0 Å². The molecule has 0 aliphatic rings. The molecule has 5 heteroatoms. The molecule has 0 fully saturated rings. The molecule has 0 saturated heterocycles. The van der Waals surface area contributed by atoms with Crippen LogP contribution in [0.15, 0.2) is 23.4 Å². The summed E-state index contributed by atoms with van der Waals surface area (Å²) < 4.78 is 0. The zero-order valence-electron chi connectivity index (χ0n) is 10.3. The van der Waals surface area contributed by atoms with Gasteiger partial charge >= 0.3 is 0 Å². The number of rotatable bonds is 4. The standard InChI is InChI=1S/C12H18ClN3O/c1-4-16(8(2)3)11-7-9(13)5-6-10(11)12(14)15-17/h5-8,17H,4H2,1-3H3,(H2,14,15). The van der Waals surface area contributed by atoms with E-state index in [4.69, 9.17) is 22.5 Å². The molecular weight excluding hydrogens is 238 g/mol. The molecule has 0 amide bonds. The van der Waals surface area contributed by atoms with Crippen molar-refractivity contribution in [1.82, 2.24) is 0 Å². The van der Waals surface area contributed by atoms with Crippen LogP contribution in [0.5, 0.6) is 0 Å². The summed E-state index contributed by atoms with van der Waals surface area (Å²) >= 11 is 6.00. The summed E-state index contributed by atoms with van der Waals surface area (Å²) in [7, 11) is 0. The Morgan fingerprint density at radius 2 is 2.18 bits per heavy atom. The van der Waals surface area contributed by atoms with Crippen LogP contribution in [0.3, 0.4) is 0 Å². The third-order valence-electron chi connectivity index (χ3n) is 2.62. The Balaban J connectivity index is 3.33. The molecule has 0 saturated carbocycles. The zero-order valence-corrected chi connectivity index (χ0v) is 11.1. The van der Waals surface area contributed by atoms with E-state index in [1.165, 1.54) is 0 Å². The molecule has 1 aromatic rings. The SMILES string of the molecule is CCN(c1cc(Cl)ccc1C(N)=NO)C(C)C. The summed E-state index contributed by atoms with van der Waals surface area (Å²) in [5, 5.41) is 12.5. The van der Waals surface area contributed by atoms with Gasteiger partial charge in [-0.1, -0.05) is 16.8 Å². The molecule has 0 atom stereocenters. The van der Waals surface area contributed by atoms with Crippen LogP contribution in [0, 0.1) is 0 Å². The smallest absolute Gasteiger partial charge is 0.172 e. The Labute approximate surface area is 107 Å². The topological polar surface area (TPSA) is 61.8 Å². The number of halogens is 1. The first-order chi connectivity index (χ1) is 8.01. The van der Waals surface area contributed by atoms with Crippen molar-refractivity contribution in [2.45, 2.75) is 26.8 Å². The van der Waals surface area contributed by atoms with E-state index in [-0.39, 0.29) is 5.84 Å². The predicted molar refractivity (Wildman–Crippen MR) is 72.1 cm³/mol. The quantitative estimate of drug-likeness (QED) is 0.376. The number of hydrogen-bond donors (Lipinski definition) is 2. The van der Waals surface area contributed by atoms with E-state index in [0.29, 0.717) is 16.6 Å². The number of oxime groups is 1. The highest BCUT2D eigenvalue weighted by Crippen LogP contribution is 2.26. The molecule has 0 radical (unpaired) electrons. The number of anilines is 1. The molecule has 0 aromatic heterocycles. The normalized spacial score (nSPS) is 11.9. The van der Waals surface area contributed by atoms with Crippen LogP contribution >= 0.6 is 11.6 Å². The van der Waals surface area contributed by atoms with Gasteiger partial charge in [0.25, 0.3) is 0 Å². The second-order valence-electron chi connectivity index (χ2n) is 4.03. The third kappa shape index (κ3) is 3.03. The molecule has 4 nitrogen and oxygen atoms in total. The molecule has 0 aliphatic carbocycles. The lowest BCUT2D eigenvalue weighted by Gasteiger charge is -2.29. The van der Waals surface area contributed by atoms with E-state index >= 15 is 0 Å². The minimum atomic E-state index is 0.0933. The summed E-state index contributed by atoms with van der Waals surface area (Å²) in [6.45, 7) is 7.04. The van der Waals surface area contributed by atoms with Crippen LogP contribution in [0.4, 0.5) is 5.69 Å². The van der Waals surface area contributed by atoms with Gasteiger partial charge in [-0.2, -0.15) is 0 Å². The fourth-order valence-electron chi connectivity index (χ4n) is 1.83. The number of nitrogens with zero attached hydrogens (tertiary/aromatic N) is 2. The Morgan fingerprint density at radius 1 is 1.53 bits per heavy atom. The van der Waals surface area contributed by atoms with Gasteiger partial charge in [0.05, 0.1) is 0 Å². The minimum absolute atomic E-state index is 0.0933. The van der Waals surface area contributed by atoms with Crippen LogP contribution in [-0.2, 0) is 0 Å². The van der Waals surface area contributed by atoms with Gasteiger partial charge in [0.2, 0.25) is 0 Å². The molecule has 0 spiro atoms. The molecule has 0 unspecified atom stereocenters. The fourth-order valence-corrected chi connectivity index (χ4v) is 1.99. The van der Waals surface area contributed by atoms with Gasteiger partial charge in [0.1, 0.15) is 0 Å². The lowest BCUT2D eigenvalue weighted by molar-refractivity contribution is 0.318. The highest BCUT2D eigenvalue weighted by molar-refractivity contribution is 6.31. The van der Waals surface area contributed by atoms with Crippen molar-refractivity contribution < 1.29 is 5.21 Å². The van der Waals surface area contributed by atoms with Crippen LogP contribution in [0.25, 0.3) is 0 Å². The average Bonchev–Trinajstić information content (AvgIpc) is 2.29. The Kier molecular flexibility index (Phi) is 4.63. The number of benzene rings is 1. The molecule has 1 aromatic carbocycles. The molecule has 17 heavy (non-hydrogen) atoms. The van der Waals surface area contributed by atoms with Crippen molar-refractivity contribution in [3.8, 4) is 0 Å². The average molecular weight is 256 g/mol. The summed E-state index contributed by atoms with van der Waals surface area (Å²) in [6, 6.07) is 5.63. The van der Waals surface area contributed by atoms with Crippen LogP contribution < -0.4 is 10.6 Å². The predicted octanol–water partition coefficient (Wildman–Crippen LogP) is 2.67. The highest BCUT2D eigenvalue weighted by Gasteiger charge is 2.15. The number of amidine groups is 1. The Morgan fingerprint density at radius 3 is 2.65 bits per heavy atom. The summed E-state index contributed by atoms with van der Waals surface area (Å²) in [5.74, 6) is 0.0933. The van der Waals surface area contributed by atoms with Gasteiger partial charge in [0, 0.05) is 28.9 Å². The first-order valence-corrected chi connectivity index (χ1v) is 5.93. The summed E-state index contributed by atoms with van der Waals surface area (Å²) in [4.78, 5) is 2.14. The van der Waals surface area contributed by atoms with Crippen LogP contribution in [-0.4, -0.2) is 23.6 Å². The van der Waals surface area contributed by atoms with E-state index < -0.39 is 0 Å². The first kappa shape index (κ1) is 13.6. The zero-order chi connectivity index (χ0) is 13.0. The van der Waals surface area contributed by atoms with Crippen molar-refractivity contribution in [1.29, 1.82) is 0 Å². The molecule has 94 valence electrons. The van der Waals surface area contributed by atoms with Crippen molar-refractivity contribution >= 4 is 23.1 Å². The van der Waals surface area contributed by atoms with E-state index in [9.17, 15) is 0 Å². The molecule has 0 heterocycles. The minimum Gasteiger partial charge on any atom is -0.409 e. The first-order valence-electron chi connectivity index (χ1n) is 5.55. The summed E-state index contributed by atoms with van der Waals surface area (Å²) in [5.41, 5.74) is 7.24. The van der Waals surface area contributed by atoms with Crippen molar-refractivity contribution in [3.05, 3.63) is 28.8 Å². The maximum absolute atomic E-state index is 8.79. The number of hydrogen-bond acceptors (Lipinski definition) is 3. The Hall–Kier alpha value is -1.42. The van der Waals surface area contributed by atoms with Crippen molar-refractivity contribution in [3.63, 3.8) is 0 Å². The van der Waals surface area contributed by atoms with Crippen molar-refractivity contribution in [2.24, 2.45) is 10.9 Å². The third-order valence-corrected chi connectivity index (χ3v) is 2.85. The van der Waals surface area contributed by atoms with Gasteiger partial charge in [0.15, 0.2) is 5.84 Å². The second-order valence-corrected chi connectivity index (χ2v) is 4.46. The van der Waals surface area contributed by atoms with Crippen molar-refractivity contribution in [2.75, 3.05) is 11.4 Å². The van der Waals surface area contributed by atoms with E-state index in [1.54, 1.807) is 12.1 Å². The largest absolute Gasteiger partial charge is 0.409 e. The molecule has 0 bridgehead atoms. The monoisotopic (exact) mass is 255 g/mol. The molecule has 1 rings (SSSR count). The van der Waals surface area contributed by atoms with Gasteiger partial charge in [-0.05, 0) is 39.0 Å². The molecule has 0 aliphatic heterocycles. The van der Waals surface area contributed by atoms with E-state index in [0.717, 1.165) is 12.2 Å². The maximum atomic E-state index is 8.79. The fraction of sp³-hybridized carbons (Fsp3) is 0.417. The van der Waals surface area contributed by atoms with Gasteiger partial charge in [-0.15, -0.1) is 0 Å². The van der Waals surface area contributed by atoms with Gasteiger partial charge < -0.3 is 15.8 Å². The highest BCUT2D eigenvalue weighted by atomic mass is 35.5. The van der Waals surface area contributed by atoms with Crippen LogP contribution in [0.1, 0.15) is 26.3 Å². The second kappa shape index (κ2) is 5.77. The summed E-state index contributed by atoms with van der Waals surface area (Å²) in [6.07, 6.45) is 0. The molecule has 3 N–H and O–H groups in total. The number of nitrogens with two attached hydrogens (primary N) is 1. The lowest BCUT2D eigenvalue weighted by atomic mass is 10.1. The Bertz CT molecular complexity index is 418.